The average Bonchev–Trinajstić information content (AvgIpc) is 2.98. The van der Waals surface area contributed by atoms with E-state index < -0.39 is 0 Å². The smallest absolute Gasteiger partial charge is 0.251 e. The fraction of sp³-hybridized carbons (Fsp3) is 0.471. The Balaban J connectivity index is 1.42. The Bertz CT molecular complexity index is 833. The number of hydrogen-bond donors (Lipinski definition) is 1. The van der Waals surface area contributed by atoms with E-state index in [2.05, 4.69) is 25.3 Å². The van der Waals surface area contributed by atoms with E-state index in [4.69, 9.17) is 16.4 Å². The highest BCUT2D eigenvalue weighted by molar-refractivity contribution is 6.31. The number of aliphatic imine (C=N–C) groups is 1. The number of hydrogen-bond acceptors (Lipinski definition) is 5. The van der Waals surface area contributed by atoms with E-state index in [0.29, 0.717) is 16.9 Å². The molecule has 2 aromatic rings. The molecule has 24 heavy (non-hydrogen) atoms. The molecule has 6 nitrogen and oxygen atoms in total. The van der Waals surface area contributed by atoms with Gasteiger partial charge in [0.2, 0.25) is 0 Å². The van der Waals surface area contributed by atoms with Gasteiger partial charge in [0.05, 0.1) is 5.52 Å². The third-order valence-corrected chi connectivity index (χ3v) is 5.66. The molecule has 4 fully saturated rings. The van der Waals surface area contributed by atoms with E-state index >= 15 is 0 Å². The summed E-state index contributed by atoms with van der Waals surface area (Å²) < 4.78 is 0. The van der Waals surface area contributed by atoms with Crippen LogP contribution in [0.25, 0.3) is 10.9 Å². The van der Waals surface area contributed by atoms with E-state index in [9.17, 15) is 0 Å². The normalized spacial score (nSPS) is 33.5. The lowest BCUT2D eigenvalue weighted by atomic mass is 9.74. The van der Waals surface area contributed by atoms with Gasteiger partial charge in [-0.3, -0.25) is 10.3 Å². The topological polar surface area (TPSA) is 62.6 Å². The van der Waals surface area contributed by atoms with Crippen LogP contribution in [0, 0.1) is 5.92 Å². The largest absolute Gasteiger partial charge is 0.300 e. The van der Waals surface area contributed by atoms with Crippen molar-refractivity contribution in [3.63, 3.8) is 0 Å². The summed E-state index contributed by atoms with van der Waals surface area (Å²) >= 11 is 6.00. The summed E-state index contributed by atoms with van der Waals surface area (Å²) in [6, 6.07) is 5.57. The first-order valence-electron chi connectivity index (χ1n) is 8.36. The van der Waals surface area contributed by atoms with E-state index in [1.165, 1.54) is 25.9 Å². The van der Waals surface area contributed by atoms with Gasteiger partial charge in [-0.1, -0.05) is 11.6 Å². The van der Waals surface area contributed by atoms with E-state index in [1.54, 1.807) is 6.20 Å². The number of nitrogens with zero attached hydrogens (tertiary/aromatic N) is 4. The second kappa shape index (κ2) is 5.37. The molecule has 1 N–H and O–H groups in total. The minimum Gasteiger partial charge on any atom is -0.300 e. The summed E-state index contributed by atoms with van der Waals surface area (Å²) in [5.41, 5.74) is 3.74. The lowest BCUT2D eigenvalue weighted by Crippen LogP contribution is -2.59. The monoisotopic (exact) mass is 343 g/mol. The summed E-state index contributed by atoms with van der Waals surface area (Å²) in [4.78, 5) is 21.9. The highest BCUT2D eigenvalue weighted by Crippen LogP contribution is 2.42. The first-order chi connectivity index (χ1) is 11.7. The Hall–Kier alpha value is -1.76. The summed E-state index contributed by atoms with van der Waals surface area (Å²) in [5.74, 6) is 1.88. The van der Waals surface area contributed by atoms with E-state index in [0.717, 1.165) is 29.7 Å². The number of benzene rings is 1. The molecule has 1 atom stereocenters. The molecule has 5 heterocycles. The van der Waals surface area contributed by atoms with Gasteiger partial charge in [0.1, 0.15) is 11.4 Å². The van der Waals surface area contributed by atoms with Crippen LogP contribution in [-0.4, -0.2) is 45.9 Å². The summed E-state index contributed by atoms with van der Waals surface area (Å²) in [6.07, 6.45) is 4.98. The van der Waals surface area contributed by atoms with Crippen LogP contribution in [0.15, 0.2) is 29.4 Å². The summed E-state index contributed by atoms with van der Waals surface area (Å²) in [6.45, 7) is 3.37. The third-order valence-electron chi connectivity index (χ3n) is 5.43. The summed E-state index contributed by atoms with van der Waals surface area (Å²) in [5, 5.41) is 1.59. The van der Waals surface area contributed by atoms with Crippen LogP contribution in [0.4, 0.5) is 5.95 Å². The van der Waals surface area contributed by atoms with Crippen LogP contribution >= 0.6 is 11.6 Å². The van der Waals surface area contributed by atoms with Gasteiger partial charge in [0, 0.05) is 29.6 Å². The maximum atomic E-state index is 6.01. The van der Waals surface area contributed by atoms with E-state index in [1.807, 2.05) is 18.2 Å². The van der Waals surface area contributed by atoms with Gasteiger partial charge in [-0.05, 0) is 50.0 Å². The number of piperidine rings is 3. The minimum absolute atomic E-state index is 0.125. The first-order valence-corrected chi connectivity index (χ1v) is 8.74. The number of fused-ring (bicyclic) bond motifs is 3. The molecule has 4 saturated heterocycles. The number of hydroxylamine groups is 1. The molecule has 4 aliphatic heterocycles. The van der Waals surface area contributed by atoms with Crippen molar-refractivity contribution < 1.29 is 4.84 Å². The van der Waals surface area contributed by atoms with Crippen LogP contribution < -0.4 is 5.48 Å². The Labute approximate surface area is 144 Å². The van der Waals surface area contributed by atoms with Crippen LogP contribution in [0.2, 0.25) is 5.02 Å². The third kappa shape index (κ3) is 2.37. The average molecular weight is 344 g/mol. The van der Waals surface area contributed by atoms with Crippen LogP contribution in [0.1, 0.15) is 19.3 Å². The Morgan fingerprint density at radius 1 is 1.33 bits per heavy atom. The van der Waals surface area contributed by atoms with E-state index in [-0.39, 0.29) is 5.60 Å². The number of amidine groups is 1. The molecular weight excluding hydrogens is 326 g/mol. The van der Waals surface area contributed by atoms with Crippen molar-refractivity contribution in [1.82, 2.24) is 20.3 Å². The molecule has 0 saturated carbocycles. The molecular formula is C17H18ClN5O. The van der Waals surface area contributed by atoms with Gasteiger partial charge < -0.3 is 4.90 Å². The molecule has 1 aromatic carbocycles. The summed E-state index contributed by atoms with van der Waals surface area (Å²) in [7, 11) is 0. The van der Waals surface area contributed by atoms with Crippen molar-refractivity contribution in [1.29, 1.82) is 0 Å². The maximum Gasteiger partial charge on any atom is 0.251 e. The molecule has 124 valence electrons. The van der Waals surface area contributed by atoms with Crippen LogP contribution in [-0.2, 0) is 4.84 Å². The number of aromatic nitrogens is 2. The molecule has 1 spiro atoms. The number of halogens is 1. The zero-order valence-electron chi connectivity index (χ0n) is 13.2. The zero-order chi connectivity index (χ0) is 16.1. The van der Waals surface area contributed by atoms with Crippen molar-refractivity contribution in [2.45, 2.75) is 24.9 Å². The van der Waals surface area contributed by atoms with Crippen molar-refractivity contribution in [3.8, 4) is 0 Å². The van der Waals surface area contributed by atoms with Crippen molar-refractivity contribution in [2.24, 2.45) is 10.9 Å². The molecule has 4 aliphatic rings. The molecule has 1 unspecified atom stereocenters. The van der Waals surface area contributed by atoms with Crippen molar-refractivity contribution in [2.75, 3.05) is 19.6 Å². The Morgan fingerprint density at radius 2 is 2.21 bits per heavy atom. The SMILES string of the molecule is Clc1ccc2nc(N=C3CC4(CN5CCC4CC5)ON3)ncc2c1. The predicted octanol–water partition coefficient (Wildman–Crippen LogP) is 2.70. The standard InChI is InChI=1S/C17H18ClN5O/c18-13-1-2-14-11(7-13)9-19-16(20-14)21-15-8-17(24-22-15)10-23-5-3-12(17)4-6-23/h1-2,7,9,12H,3-6,8,10H2,(H,19,20,21,22). The molecule has 1 aromatic heterocycles. The second-order valence-corrected chi connectivity index (χ2v) is 7.36. The zero-order valence-corrected chi connectivity index (χ0v) is 14.0. The molecule has 2 bridgehead atoms. The van der Waals surface area contributed by atoms with Gasteiger partial charge in [-0.25, -0.2) is 9.97 Å². The van der Waals surface area contributed by atoms with Crippen molar-refractivity contribution in [3.05, 3.63) is 29.4 Å². The molecule has 0 radical (unpaired) electrons. The lowest BCUT2D eigenvalue weighted by Gasteiger charge is -2.49. The second-order valence-electron chi connectivity index (χ2n) is 6.93. The van der Waals surface area contributed by atoms with Crippen molar-refractivity contribution >= 4 is 34.3 Å². The highest BCUT2D eigenvalue weighted by Gasteiger charge is 2.52. The lowest BCUT2D eigenvalue weighted by molar-refractivity contribution is -0.150. The van der Waals surface area contributed by atoms with Crippen LogP contribution in [0.3, 0.4) is 0 Å². The van der Waals surface area contributed by atoms with Gasteiger partial charge in [0.25, 0.3) is 5.95 Å². The quantitative estimate of drug-likeness (QED) is 0.862. The molecule has 7 heteroatoms. The number of nitrogens with one attached hydrogen (secondary N) is 1. The first kappa shape index (κ1) is 14.6. The van der Waals surface area contributed by atoms with Gasteiger partial charge in [-0.2, -0.15) is 4.99 Å². The molecule has 0 amide bonds. The number of rotatable bonds is 1. The van der Waals surface area contributed by atoms with Gasteiger partial charge >= 0.3 is 0 Å². The van der Waals surface area contributed by atoms with Gasteiger partial charge in [0.15, 0.2) is 0 Å². The van der Waals surface area contributed by atoms with Gasteiger partial charge in [-0.15, -0.1) is 0 Å². The molecule has 0 aliphatic carbocycles. The predicted molar refractivity (Wildman–Crippen MR) is 92.4 cm³/mol. The maximum absolute atomic E-state index is 6.01. The fourth-order valence-corrected chi connectivity index (χ4v) is 4.37. The Morgan fingerprint density at radius 3 is 3.00 bits per heavy atom. The Kier molecular flexibility index (Phi) is 3.26. The fourth-order valence-electron chi connectivity index (χ4n) is 4.19. The molecule has 6 rings (SSSR count). The highest BCUT2D eigenvalue weighted by atomic mass is 35.5. The van der Waals surface area contributed by atoms with Crippen LogP contribution in [0.5, 0.6) is 0 Å². The minimum atomic E-state index is -0.125.